The van der Waals surface area contributed by atoms with Gasteiger partial charge in [-0.1, -0.05) is 94.0 Å². The van der Waals surface area contributed by atoms with Crippen molar-refractivity contribution >= 4 is 5.69 Å². The lowest BCUT2D eigenvalue weighted by molar-refractivity contribution is -0.281. The van der Waals surface area contributed by atoms with Crippen molar-refractivity contribution in [2.75, 3.05) is 11.4 Å². The van der Waals surface area contributed by atoms with E-state index in [2.05, 4.69) is 6.92 Å². The topological polar surface area (TPSA) is 3.24 Å². The van der Waals surface area contributed by atoms with Crippen LogP contribution in [0.5, 0.6) is 0 Å². The molecule has 160 valence electrons. The van der Waals surface area contributed by atoms with Crippen molar-refractivity contribution in [2.24, 2.45) is 0 Å². The standard InChI is InChI=1S/C23H28F5N/c1-2-3-4-5-6-7-13-18-29(23(27,28)22(24,25)26)21-17-12-11-16-20(21)19-14-9-8-10-15-19/h8-12,14-17H,2-7,13,18H2,1H3. The van der Waals surface area contributed by atoms with Gasteiger partial charge in [0.2, 0.25) is 0 Å². The molecule has 0 aliphatic carbocycles. The van der Waals surface area contributed by atoms with Crippen molar-refractivity contribution < 1.29 is 22.0 Å². The molecule has 0 fully saturated rings. The van der Waals surface area contributed by atoms with Crippen LogP contribution in [0.3, 0.4) is 0 Å². The average Bonchev–Trinajstić information content (AvgIpc) is 2.70. The lowest BCUT2D eigenvalue weighted by Gasteiger charge is -2.35. The number of nitrogens with zero attached hydrogens (tertiary/aromatic N) is 1. The Morgan fingerprint density at radius 2 is 1.24 bits per heavy atom. The van der Waals surface area contributed by atoms with Crippen LogP contribution in [0, 0.1) is 0 Å². The molecule has 0 aliphatic heterocycles. The minimum Gasteiger partial charge on any atom is -0.305 e. The van der Waals surface area contributed by atoms with E-state index >= 15 is 0 Å². The summed E-state index contributed by atoms with van der Waals surface area (Å²) in [5, 5.41) is 0. The summed E-state index contributed by atoms with van der Waals surface area (Å²) in [6.45, 7) is 1.74. The van der Waals surface area contributed by atoms with Gasteiger partial charge in [0, 0.05) is 17.8 Å². The number of hydrogen-bond donors (Lipinski definition) is 0. The third-order valence-electron chi connectivity index (χ3n) is 4.94. The SMILES string of the molecule is CCCCCCCCCN(c1ccccc1-c1ccccc1)C(F)(F)C(F)(F)F. The number of rotatable bonds is 11. The van der Waals surface area contributed by atoms with Crippen LogP contribution >= 0.6 is 0 Å². The molecule has 1 nitrogen and oxygen atoms in total. The Morgan fingerprint density at radius 1 is 0.690 bits per heavy atom. The highest BCUT2D eigenvalue weighted by Gasteiger charge is 2.62. The quantitative estimate of drug-likeness (QED) is 0.204. The van der Waals surface area contributed by atoms with Gasteiger partial charge in [0.05, 0.1) is 0 Å². The highest BCUT2D eigenvalue weighted by atomic mass is 19.4. The number of hydrogen-bond acceptors (Lipinski definition) is 1. The van der Waals surface area contributed by atoms with Crippen molar-refractivity contribution in [1.29, 1.82) is 0 Å². The largest absolute Gasteiger partial charge is 0.475 e. The summed E-state index contributed by atoms with van der Waals surface area (Å²) in [5.41, 5.74) is 0.859. The van der Waals surface area contributed by atoms with Gasteiger partial charge in [0.25, 0.3) is 0 Å². The maximum atomic E-state index is 14.5. The molecule has 29 heavy (non-hydrogen) atoms. The summed E-state index contributed by atoms with van der Waals surface area (Å²) in [5.74, 6) is 0. The molecule has 0 heterocycles. The van der Waals surface area contributed by atoms with E-state index in [0.717, 1.165) is 32.1 Å². The Kier molecular flexibility index (Phi) is 8.47. The number of unbranched alkanes of at least 4 members (excludes halogenated alkanes) is 6. The molecule has 2 aromatic carbocycles. The first kappa shape index (κ1) is 23.2. The molecule has 0 N–H and O–H groups in total. The lowest BCUT2D eigenvalue weighted by atomic mass is 10.0. The number of anilines is 1. The molecule has 0 radical (unpaired) electrons. The molecular formula is C23H28F5N. The van der Waals surface area contributed by atoms with E-state index in [1.165, 1.54) is 12.1 Å². The lowest BCUT2D eigenvalue weighted by Crippen LogP contribution is -2.53. The normalized spacial score (nSPS) is 12.2. The average molecular weight is 413 g/mol. The number of alkyl halides is 5. The molecule has 0 bridgehead atoms. The minimum atomic E-state index is -5.65. The van der Waals surface area contributed by atoms with Gasteiger partial charge in [-0.3, -0.25) is 0 Å². The van der Waals surface area contributed by atoms with E-state index in [9.17, 15) is 22.0 Å². The summed E-state index contributed by atoms with van der Waals surface area (Å²) in [6, 6.07) is 9.75. The van der Waals surface area contributed by atoms with Crippen LogP contribution in [-0.2, 0) is 0 Å². The van der Waals surface area contributed by atoms with E-state index in [-0.39, 0.29) is 23.6 Å². The highest BCUT2D eigenvalue weighted by Crippen LogP contribution is 2.44. The Labute approximate surface area is 169 Å². The minimum absolute atomic E-state index is 0.105. The van der Waals surface area contributed by atoms with Gasteiger partial charge in [-0.05, 0) is 18.1 Å². The second-order valence-electron chi connectivity index (χ2n) is 7.20. The van der Waals surface area contributed by atoms with Gasteiger partial charge >= 0.3 is 12.2 Å². The molecular weight excluding hydrogens is 385 g/mol. The molecule has 0 unspecified atom stereocenters. The van der Waals surface area contributed by atoms with Gasteiger partial charge in [0.15, 0.2) is 0 Å². The van der Waals surface area contributed by atoms with Crippen LogP contribution in [0.1, 0.15) is 51.9 Å². The molecule has 2 aromatic rings. The Morgan fingerprint density at radius 3 is 1.86 bits per heavy atom. The van der Waals surface area contributed by atoms with E-state index in [1.54, 1.807) is 42.5 Å². The predicted octanol–water partition coefficient (Wildman–Crippen LogP) is 8.07. The van der Waals surface area contributed by atoms with Crippen molar-refractivity contribution in [3.05, 3.63) is 54.6 Å². The summed E-state index contributed by atoms with van der Waals surface area (Å²) >= 11 is 0. The van der Waals surface area contributed by atoms with Crippen LogP contribution in [0.25, 0.3) is 11.1 Å². The first-order valence-electron chi connectivity index (χ1n) is 10.2. The Bertz CT molecular complexity index is 728. The number of halogens is 5. The van der Waals surface area contributed by atoms with Crippen molar-refractivity contribution in [1.82, 2.24) is 0 Å². The van der Waals surface area contributed by atoms with E-state index < -0.39 is 12.2 Å². The molecule has 2 rings (SSSR count). The van der Waals surface area contributed by atoms with Gasteiger partial charge < -0.3 is 4.90 Å². The van der Waals surface area contributed by atoms with E-state index in [4.69, 9.17) is 0 Å². The molecule has 0 amide bonds. The van der Waals surface area contributed by atoms with Crippen LogP contribution < -0.4 is 4.90 Å². The van der Waals surface area contributed by atoms with Gasteiger partial charge in [-0.15, -0.1) is 0 Å². The second-order valence-corrected chi connectivity index (χ2v) is 7.20. The zero-order chi connectivity index (χ0) is 21.3. The van der Waals surface area contributed by atoms with Crippen molar-refractivity contribution in [3.8, 4) is 11.1 Å². The molecule has 0 saturated heterocycles. The molecule has 0 spiro atoms. The van der Waals surface area contributed by atoms with Crippen molar-refractivity contribution in [2.45, 2.75) is 64.1 Å². The summed E-state index contributed by atoms with van der Waals surface area (Å²) < 4.78 is 68.6. The first-order chi connectivity index (χ1) is 13.8. The van der Waals surface area contributed by atoms with Gasteiger partial charge in [0.1, 0.15) is 0 Å². The second kappa shape index (κ2) is 10.6. The zero-order valence-electron chi connectivity index (χ0n) is 16.7. The molecule has 6 heteroatoms. The number of para-hydroxylation sites is 1. The first-order valence-corrected chi connectivity index (χ1v) is 10.2. The predicted molar refractivity (Wildman–Crippen MR) is 108 cm³/mol. The fourth-order valence-corrected chi connectivity index (χ4v) is 3.36. The van der Waals surface area contributed by atoms with Crippen LogP contribution in [0.4, 0.5) is 27.6 Å². The molecule has 0 atom stereocenters. The zero-order valence-corrected chi connectivity index (χ0v) is 16.7. The fraction of sp³-hybridized carbons (Fsp3) is 0.478. The maximum absolute atomic E-state index is 14.5. The molecule has 0 aromatic heterocycles. The van der Waals surface area contributed by atoms with Gasteiger partial charge in [-0.2, -0.15) is 22.0 Å². The number of benzene rings is 2. The summed E-state index contributed by atoms with van der Waals surface area (Å²) in [6.07, 6.45) is 0.344. The summed E-state index contributed by atoms with van der Waals surface area (Å²) in [7, 11) is 0. The van der Waals surface area contributed by atoms with Gasteiger partial charge in [-0.25, -0.2) is 0 Å². The summed E-state index contributed by atoms with van der Waals surface area (Å²) in [4.78, 5) is 0.224. The highest BCUT2D eigenvalue weighted by molar-refractivity contribution is 5.79. The molecule has 0 saturated carbocycles. The monoisotopic (exact) mass is 413 g/mol. The van der Waals surface area contributed by atoms with Crippen LogP contribution in [-0.4, -0.2) is 18.8 Å². The fourth-order valence-electron chi connectivity index (χ4n) is 3.36. The van der Waals surface area contributed by atoms with E-state index in [0.29, 0.717) is 17.5 Å². The smallest absolute Gasteiger partial charge is 0.305 e. The van der Waals surface area contributed by atoms with Crippen molar-refractivity contribution in [3.63, 3.8) is 0 Å². The van der Waals surface area contributed by atoms with Crippen LogP contribution in [0.15, 0.2) is 54.6 Å². The maximum Gasteiger partial charge on any atom is 0.475 e. The Balaban J connectivity index is 2.25. The third-order valence-corrected chi connectivity index (χ3v) is 4.94. The van der Waals surface area contributed by atoms with Crippen LogP contribution in [0.2, 0.25) is 0 Å². The third kappa shape index (κ3) is 6.18. The Hall–Kier alpha value is -2.11. The van der Waals surface area contributed by atoms with E-state index in [1.807, 2.05) is 0 Å². The molecule has 0 aliphatic rings.